The second-order valence-electron chi connectivity index (χ2n) is 5.56. The predicted octanol–water partition coefficient (Wildman–Crippen LogP) is 4.16. The Balaban J connectivity index is 2.29. The Morgan fingerprint density at radius 3 is 2.43 bits per heavy atom. The molecular formula is C18H28N2O. The highest BCUT2D eigenvalue weighted by molar-refractivity contribution is 5.82. The summed E-state index contributed by atoms with van der Waals surface area (Å²) in [5.41, 5.74) is 2.36. The van der Waals surface area contributed by atoms with Gasteiger partial charge in [0.05, 0.1) is 6.54 Å². The van der Waals surface area contributed by atoms with Crippen molar-refractivity contribution in [3.05, 3.63) is 35.6 Å². The molecule has 2 rings (SSSR count). The van der Waals surface area contributed by atoms with Crippen LogP contribution in [0.4, 0.5) is 0 Å². The number of benzene rings is 1. The fourth-order valence-electron chi connectivity index (χ4n) is 2.83. The predicted molar refractivity (Wildman–Crippen MR) is 89.5 cm³/mol. The molecule has 0 aliphatic heterocycles. The van der Waals surface area contributed by atoms with Crippen LogP contribution in [0.1, 0.15) is 44.9 Å². The van der Waals surface area contributed by atoms with Crippen LogP contribution in [-0.2, 0) is 13.1 Å². The Morgan fingerprint density at radius 1 is 1.05 bits per heavy atom. The number of para-hydroxylation sites is 1. The first-order chi connectivity index (χ1) is 10.3. The lowest BCUT2D eigenvalue weighted by molar-refractivity contribution is 0.265. The van der Waals surface area contributed by atoms with Crippen LogP contribution in [0.25, 0.3) is 11.0 Å². The van der Waals surface area contributed by atoms with Gasteiger partial charge in [-0.25, -0.2) is 0 Å². The zero-order chi connectivity index (χ0) is 15.1. The minimum absolute atomic E-state index is 0.812. The minimum atomic E-state index is 0.812. The van der Waals surface area contributed by atoms with Crippen molar-refractivity contribution in [2.45, 2.75) is 46.7 Å². The molecule has 0 saturated heterocycles. The van der Waals surface area contributed by atoms with Crippen molar-refractivity contribution in [2.75, 3.05) is 19.6 Å². The van der Waals surface area contributed by atoms with Gasteiger partial charge in [-0.15, -0.1) is 0 Å². The van der Waals surface area contributed by atoms with Gasteiger partial charge in [0, 0.05) is 17.5 Å². The number of fused-ring (bicyclic) bond motifs is 1. The number of nitrogens with one attached hydrogen (secondary N) is 1. The molecule has 1 aromatic carbocycles. The molecule has 0 unspecified atom stereocenters. The molecule has 3 nitrogen and oxygen atoms in total. The molecule has 1 aromatic heterocycles. The molecule has 0 aliphatic rings. The summed E-state index contributed by atoms with van der Waals surface area (Å²) in [6.45, 7) is 11.7. The SMILES string of the molecule is CCCN(CCC)Cc1c(CNCC)oc2ccccc12. The molecule has 0 fully saturated rings. The van der Waals surface area contributed by atoms with E-state index in [9.17, 15) is 0 Å². The third-order valence-electron chi connectivity index (χ3n) is 3.78. The highest BCUT2D eigenvalue weighted by Crippen LogP contribution is 2.27. The van der Waals surface area contributed by atoms with Gasteiger partial charge in [-0.2, -0.15) is 0 Å². The first-order valence-electron chi connectivity index (χ1n) is 8.22. The molecule has 0 bridgehead atoms. The second-order valence-corrected chi connectivity index (χ2v) is 5.56. The number of hydrogen-bond acceptors (Lipinski definition) is 3. The van der Waals surface area contributed by atoms with Crippen LogP contribution in [0.5, 0.6) is 0 Å². The van der Waals surface area contributed by atoms with E-state index in [0.29, 0.717) is 0 Å². The van der Waals surface area contributed by atoms with Crippen LogP contribution in [0.2, 0.25) is 0 Å². The van der Waals surface area contributed by atoms with Crippen LogP contribution in [0.3, 0.4) is 0 Å². The molecular weight excluding hydrogens is 260 g/mol. The molecule has 0 amide bonds. The summed E-state index contributed by atoms with van der Waals surface area (Å²) in [6.07, 6.45) is 2.39. The quantitative estimate of drug-likeness (QED) is 0.751. The number of rotatable bonds is 9. The first-order valence-corrected chi connectivity index (χ1v) is 8.22. The van der Waals surface area contributed by atoms with Crippen molar-refractivity contribution >= 4 is 11.0 Å². The largest absolute Gasteiger partial charge is 0.459 e. The van der Waals surface area contributed by atoms with Crippen LogP contribution in [-0.4, -0.2) is 24.5 Å². The van der Waals surface area contributed by atoms with Gasteiger partial charge < -0.3 is 9.73 Å². The number of hydrogen-bond donors (Lipinski definition) is 1. The van der Waals surface area contributed by atoms with Crippen molar-refractivity contribution in [1.29, 1.82) is 0 Å². The highest BCUT2D eigenvalue weighted by atomic mass is 16.3. The number of furan rings is 1. The van der Waals surface area contributed by atoms with Gasteiger partial charge in [-0.3, -0.25) is 4.90 Å². The van der Waals surface area contributed by atoms with E-state index in [-0.39, 0.29) is 0 Å². The summed E-state index contributed by atoms with van der Waals surface area (Å²) >= 11 is 0. The third-order valence-corrected chi connectivity index (χ3v) is 3.78. The molecule has 0 spiro atoms. The zero-order valence-electron chi connectivity index (χ0n) is 13.6. The summed E-state index contributed by atoms with van der Waals surface area (Å²) in [6, 6.07) is 8.39. The maximum Gasteiger partial charge on any atom is 0.134 e. The maximum atomic E-state index is 6.07. The molecule has 1 heterocycles. The first kappa shape index (κ1) is 16.1. The Labute approximate surface area is 128 Å². The summed E-state index contributed by atoms with van der Waals surface area (Å²) < 4.78 is 6.07. The van der Waals surface area contributed by atoms with Gasteiger partial charge in [0.15, 0.2) is 0 Å². The van der Waals surface area contributed by atoms with Gasteiger partial charge in [0.25, 0.3) is 0 Å². The second kappa shape index (κ2) is 8.20. The molecule has 116 valence electrons. The fraction of sp³-hybridized carbons (Fsp3) is 0.556. The zero-order valence-corrected chi connectivity index (χ0v) is 13.6. The normalized spacial score (nSPS) is 11.6. The van der Waals surface area contributed by atoms with E-state index < -0.39 is 0 Å². The van der Waals surface area contributed by atoms with E-state index in [1.165, 1.54) is 23.8 Å². The van der Waals surface area contributed by atoms with Gasteiger partial charge in [-0.05, 0) is 38.5 Å². The summed E-state index contributed by atoms with van der Waals surface area (Å²) in [4.78, 5) is 2.53. The van der Waals surface area contributed by atoms with Gasteiger partial charge in [0.2, 0.25) is 0 Å². The molecule has 2 aromatic rings. The molecule has 0 radical (unpaired) electrons. The molecule has 3 heteroatoms. The average Bonchev–Trinajstić information content (AvgIpc) is 2.84. The lowest BCUT2D eigenvalue weighted by Crippen LogP contribution is -2.25. The smallest absolute Gasteiger partial charge is 0.134 e. The summed E-state index contributed by atoms with van der Waals surface area (Å²) in [7, 11) is 0. The molecule has 1 N–H and O–H groups in total. The van der Waals surface area contributed by atoms with Crippen molar-refractivity contribution in [1.82, 2.24) is 10.2 Å². The number of nitrogens with zero attached hydrogens (tertiary/aromatic N) is 1. The fourth-order valence-corrected chi connectivity index (χ4v) is 2.83. The Hall–Kier alpha value is -1.32. The van der Waals surface area contributed by atoms with Crippen molar-refractivity contribution in [3.8, 4) is 0 Å². The topological polar surface area (TPSA) is 28.4 Å². The van der Waals surface area contributed by atoms with Gasteiger partial charge in [-0.1, -0.05) is 39.0 Å². The van der Waals surface area contributed by atoms with Gasteiger partial charge in [0.1, 0.15) is 11.3 Å². The van der Waals surface area contributed by atoms with E-state index in [0.717, 1.165) is 44.1 Å². The molecule has 0 saturated carbocycles. The van der Waals surface area contributed by atoms with Crippen LogP contribution < -0.4 is 5.32 Å². The maximum absolute atomic E-state index is 6.07. The minimum Gasteiger partial charge on any atom is -0.459 e. The van der Waals surface area contributed by atoms with E-state index in [1.807, 2.05) is 6.07 Å². The van der Waals surface area contributed by atoms with E-state index in [1.54, 1.807) is 0 Å². The van der Waals surface area contributed by atoms with Gasteiger partial charge >= 0.3 is 0 Å². The summed E-state index contributed by atoms with van der Waals surface area (Å²) in [5, 5.41) is 4.66. The van der Waals surface area contributed by atoms with E-state index in [2.05, 4.69) is 49.2 Å². The van der Waals surface area contributed by atoms with Crippen LogP contribution in [0.15, 0.2) is 28.7 Å². The molecule has 0 aliphatic carbocycles. The van der Waals surface area contributed by atoms with Crippen molar-refractivity contribution in [2.24, 2.45) is 0 Å². The Morgan fingerprint density at radius 2 is 1.76 bits per heavy atom. The van der Waals surface area contributed by atoms with Crippen molar-refractivity contribution in [3.63, 3.8) is 0 Å². The van der Waals surface area contributed by atoms with E-state index >= 15 is 0 Å². The monoisotopic (exact) mass is 288 g/mol. The Bertz CT molecular complexity index is 541. The lowest BCUT2D eigenvalue weighted by Gasteiger charge is -2.21. The Kier molecular flexibility index (Phi) is 6.27. The highest BCUT2D eigenvalue weighted by Gasteiger charge is 2.16. The van der Waals surface area contributed by atoms with Crippen molar-refractivity contribution < 1.29 is 4.42 Å². The van der Waals surface area contributed by atoms with E-state index in [4.69, 9.17) is 4.42 Å². The molecule has 0 atom stereocenters. The van der Waals surface area contributed by atoms with Crippen LogP contribution in [0, 0.1) is 0 Å². The summed E-state index contributed by atoms with van der Waals surface area (Å²) in [5.74, 6) is 1.09. The molecule has 21 heavy (non-hydrogen) atoms. The average molecular weight is 288 g/mol. The third kappa shape index (κ3) is 4.08. The standard InChI is InChI=1S/C18H28N2O/c1-4-11-20(12-5-2)14-16-15-9-7-8-10-17(15)21-18(16)13-19-6-3/h7-10,19H,4-6,11-14H2,1-3H3. The lowest BCUT2D eigenvalue weighted by atomic mass is 10.1. The van der Waals surface area contributed by atoms with Crippen LogP contribution >= 0.6 is 0 Å².